The van der Waals surface area contributed by atoms with Gasteiger partial charge in [0.25, 0.3) is 5.91 Å². The number of imidazole rings is 1. The maximum atomic E-state index is 14.1. The van der Waals surface area contributed by atoms with Crippen LogP contribution in [-0.2, 0) is 13.6 Å². The highest BCUT2D eigenvalue weighted by molar-refractivity contribution is 6.01. The van der Waals surface area contributed by atoms with Gasteiger partial charge in [-0.2, -0.15) is 0 Å². The van der Waals surface area contributed by atoms with Crippen LogP contribution in [0.2, 0.25) is 0 Å². The van der Waals surface area contributed by atoms with Gasteiger partial charge < -0.3 is 29.6 Å². The number of carboxylic acid groups (broad SMARTS) is 1. The minimum absolute atomic E-state index is 0.0349. The third-order valence-corrected chi connectivity index (χ3v) is 10.1. The van der Waals surface area contributed by atoms with Gasteiger partial charge in [-0.25, -0.2) is 14.2 Å². The van der Waals surface area contributed by atoms with Crippen molar-refractivity contribution in [2.24, 2.45) is 24.6 Å². The third-order valence-electron chi connectivity index (χ3n) is 10.1. The number of fused-ring (bicyclic) bond motifs is 4. The molecule has 45 heavy (non-hydrogen) atoms. The van der Waals surface area contributed by atoms with E-state index < -0.39 is 11.8 Å². The normalized spacial score (nSPS) is 20.9. The molecule has 0 radical (unpaired) electrons. The molecule has 8 rings (SSSR count). The standard InChI is InChI=1S/C35H34FN5O4/c1-39-32-26(12-23(15-30(32)45-2)34(42)41-17-22-8-10-27(41)31(22)37)38-33(39)29-14-21-6-5-20(13-28(21)40(29)16-18-3-4-18)19-7-9-25(36)24(11-19)35(43)44/h5-7,9,11-15,18,22,27,31H,3-4,8,10,16-17,37H2,1-2H3,(H,43,44). The summed E-state index contributed by atoms with van der Waals surface area (Å²) in [7, 11) is 3.57. The Morgan fingerprint density at radius 3 is 2.51 bits per heavy atom. The molecule has 1 amide bonds. The number of aryl methyl sites for hydroxylation is 1. The lowest BCUT2D eigenvalue weighted by Gasteiger charge is -2.27. The van der Waals surface area contributed by atoms with Crippen LogP contribution in [0.5, 0.6) is 5.75 Å². The van der Waals surface area contributed by atoms with E-state index >= 15 is 0 Å². The number of nitrogens with two attached hydrogens (primary N) is 1. The number of aromatic carboxylic acids is 1. The summed E-state index contributed by atoms with van der Waals surface area (Å²) >= 11 is 0. The lowest BCUT2D eigenvalue weighted by Crippen LogP contribution is -2.41. The van der Waals surface area contributed by atoms with Crippen LogP contribution in [0, 0.1) is 17.7 Å². The summed E-state index contributed by atoms with van der Waals surface area (Å²) in [6, 6.07) is 16.1. The van der Waals surface area contributed by atoms with E-state index in [4.69, 9.17) is 15.5 Å². The van der Waals surface area contributed by atoms with Crippen molar-refractivity contribution in [1.29, 1.82) is 0 Å². The van der Waals surface area contributed by atoms with E-state index in [0.717, 1.165) is 65.7 Å². The predicted molar refractivity (Wildman–Crippen MR) is 169 cm³/mol. The molecule has 1 aliphatic heterocycles. The topological polar surface area (TPSA) is 116 Å². The second kappa shape index (κ2) is 10.2. The number of amides is 1. The molecule has 0 spiro atoms. The fourth-order valence-electron chi connectivity index (χ4n) is 7.51. The van der Waals surface area contributed by atoms with Crippen LogP contribution in [-0.4, -0.2) is 61.7 Å². The third kappa shape index (κ3) is 4.41. The van der Waals surface area contributed by atoms with Crippen molar-refractivity contribution in [2.45, 2.75) is 44.3 Å². The summed E-state index contributed by atoms with van der Waals surface area (Å²) in [5.74, 6) is 0.169. The van der Waals surface area contributed by atoms with Crippen molar-refractivity contribution in [3.8, 4) is 28.4 Å². The average Bonchev–Trinajstić information content (AvgIpc) is 3.44. The molecule has 2 bridgehead atoms. The van der Waals surface area contributed by atoms with E-state index in [-0.39, 0.29) is 23.6 Å². The number of likely N-dealkylation sites (tertiary alicyclic amines) is 1. The molecule has 3 fully saturated rings. The SMILES string of the molecule is COc1cc(C(=O)N2CC3CCC2C3N)cc2nc(-c3cc4ccc(-c5ccc(F)c(C(=O)O)c5)cc4n3CC3CC3)n(C)c12. The average molecular weight is 608 g/mol. The summed E-state index contributed by atoms with van der Waals surface area (Å²) in [6.45, 7) is 1.51. The highest BCUT2D eigenvalue weighted by Crippen LogP contribution is 2.41. The Morgan fingerprint density at radius 1 is 1.04 bits per heavy atom. The van der Waals surface area contributed by atoms with Crippen molar-refractivity contribution in [2.75, 3.05) is 13.7 Å². The molecule has 3 unspecified atom stereocenters. The monoisotopic (exact) mass is 607 g/mol. The fraction of sp³-hybridized carbons (Fsp3) is 0.343. The number of carbonyl (C=O) groups is 2. The van der Waals surface area contributed by atoms with E-state index in [1.807, 2.05) is 46.8 Å². The molecule has 3 atom stereocenters. The highest BCUT2D eigenvalue weighted by atomic mass is 19.1. The number of carbonyl (C=O) groups excluding carboxylic acids is 1. The lowest BCUT2D eigenvalue weighted by atomic mass is 10.0. The van der Waals surface area contributed by atoms with Gasteiger partial charge in [0, 0.05) is 48.7 Å². The number of benzene rings is 3. The number of ether oxygens (including phenoxy) is 1. The van der Waals surface area contributed by atoms with Crippen molar-refractivity contribution in [1.82, 2.24) is 19.0 Å². The minimum atomic E-state index is -1.30. The molecule has 2 aliphatic carbocycles. The maximum Gasteiger partial charge on any atom is 0.338 e. The molecule has 2 aromatic heterocycles. The van der Waals surface area contributed by atoms with Gasteiger partial charge in [-0.1, -0.05) is 18.2 Å². The quantitative estimate of drug-likeness (QED) is 0.246. The molecule has 3 aromatic carbocycles. The number of rotatable bonds is 7. The predicted octanol–water partition coefficient (Wildman–Crippen LogP) is 5.68. The van der Waals surface area contributed by atoms with Gasteiger partial charge in [-0.15, -0.1) is 0 Å². The summed E-state index contributed by atoms with van der Waals surface area (Å²) < 4.78 is 24.3. The molecule has 5 aromatic rings. The van der Waals surface area contributed by atoms with Crippen LogP contribution < -0.4 is 10.5 Å². The number of carboxylic acids is 1. The Bertz CT molecular complexity index is 2040. The van der Waals surface area contributed by atoms with Gasteiger partial charge in [-0.3, -0.25) is 4.79 Å². The molecule has 3 N–H and O–H groups in total. The molecule has 3 heterocycles. The van der Waals surface area contributed by atoms with Crippen molar-refractivity contribution >= 4 is 33.8 Å². The number of piperidine rings is 1. The molecule has 1 saturated heterocycles. The summed E-state index contributed by atoms with van der Waals surface area (Å²) in [6.07, 6.45) is 4.33. The van der Waals surface area contributed by atoms with E-state index in [9.17, 15) is 19.1 Å². The number of hydrogen-bond donors (Lipinski definition) is 2. The Hall–Kier alpha value is -4.70. The van der Waals surface area contributed by atoms with Crippen molar-refractivity contribution < 1.29 is 23.8 Å². The van der Waals surface area contributed by atoms with Crippen molar-refractivity contribution in [3.05, 3.63) is 71.5 Å². The summed E-state index contributed by atoms with van der Waals surface area (Å²) in [5, 5.41) is 10.5. The van der Waals surface area contributed by atoms with E-state index in [1.54, 1.807) is 13.2 Å². The first-order valence-corrected chi connectivity index (χ1v) is 15.5. The maximum absolute atomic E-state index is 14.1. The van der Waals surface area contributed by atoms with Gasteiger partial charge in [-0.05, 0) is 85.0 Å². The van der Waals surface area contributed by atoms with Gasteiger partial charge in [0.15, 0.2) is 5.82 Å². The number of nitrogens with zero attached hydrogens (tertiary/aromatic N) is 4. The molecule has 9 nitrogen and oxygen atoms in total. The Balaban J connectivity index is 1.24. The summed E-state index contributed by atoms with van der Waals surface area (Å²) in [4.78, 5) is 32.3. The number of hydrogen-bond acceptors (Lipinski definition) is 5. The van der Waals surface area contributed by atoms with Gasteiger partial charge >= 0.3 is 5.97 Å². The van der Waals surface area contributed by atoms with Gasteiger partial charge in [0.2, 0.25) is 0 Å². The Kier molecular flexibility index (Phi) is 6.29. The van der Waals surface area contributed by atoms with E-state index in [0.29, 0.717) is 40.8 Å². The second-order valence-corrected chi connectivity index (χ2v) is 12.8. The minimum Gasteiger partial charge on any atom is -0.494 e. The highest BCUT2D eigenvalue weighted by Gasteiger charge is 2.47. The molecular weight excluding hydrogens is 573 g/mol. The van der Waals surface area contributed by atoms with Crippen LogP contribution in [0.25, 0.3) is 44.6 Å². The van der Waals surface area contributed by atoms with Crippen molar-refractivity contribution in [3.63, 3.8) is 0 Å². The first-order valence-electron chi connectivity index (χ1n) is 15.5. The first kappa shape index (κ1) is 27.8. The van der Waals surface area contributed by atoms with E-state index in [2.05, 4.69) is 10.6 Å². The largest absolute Gasteiger partial charge is 0.494 e. The summed E-state index contributed by atoms with van der Waals surface area (Å²) in [5.41, 5.74) is 11.4. The molecule has 2 saturated carbocycles. The second-order valence-electron chi connectivity index (χ2n) is 12.8. The van der Waals surface area contributed by atoms with Crippen LogP contribution in [0.4, 0.5) is 4.39 Å². The van der Waals surface area contributed by atoms with Crippen LogP contribution in [0.15, 0.2) is 54.6 Å². The zero-order valence-electron chi connectivity index (χ0n) is 25.2. The number of methoxy groups -OCH3 is 1. The van der Waals surface area contributed by atoms with Crippen LogP contribution >= 0.6 is 0 Å². The van der Waals surface area contributed by atoms with Crippen LogP contribution in [0.3, 0.4) is 0 Å². The smallest absolute Gasteiger partial charge is 0.338 e. The van der Waals surface area contributed by atoms with Gasteiger partial charge in [0.1, 0.15) is 17.1 Å². The fourth-order valence-corrected chi connectivity index (χ4v) is 7.51. The van der Waals surface area contributed by atoms with Gasteiger partial charge in [0.05, 0.1) is 23.9 Å². The lowest BCUT2D eigenvalue weighted by molar-refractivity contribution is 0.0686. The first-order chi connectivity index (χ1) is 21.7. The van der Waals surface area contributed by atoms with E-state index in [1.165, 1.54) is 12.1 Å². The van der Waals surface area contributed by atoms with Crippen LogP contribution in [0.1, 0.15) is 46.4 Å². The Labute approximate surface area is 259 Å². The molecule has 3 aliphatic rings. The molecular formula is C35H34FN5O4. The number of aromatic nitrogens is 3. The molecule has 10 heteroatoms. The Morgan fingerprint density at radius 2 is 1.82 bits per heavy atom. The zero-order valence-corrected chi connectivity index (χ0v) is 25.2. The zero-order chi connectivity index (χ0) is 31.1. The molecule has 230 valence electrons. The number of halogens is 1.